The maximum absolute atomic E-state index is 12.5. The fourth-order valence-corrected chi connectivity index (χ4v) is 2.59. The van der Waals surface area contributed by atoms with Gasteiger partial charge in [0.2, 0.25) is 0 Å². The molecule has 2 aromatic carbocycles. The van der Waals surface area contributed by atoms with Crippen LogP contribution in [0.25, 0.3) is 0 Å². The molecule has 1 atom stereocenters. The molecule has 2 rings (SSSR count). The molecule has 142 valence electrons. The average molecular weight is 388 g/mol. The number of rotatable bonds is 7. The summed E-state index contributed by atoms with van der Waals surface area (Å²) < 4.78 is 5.23. The van der Waals surface area contributed by atoms with E-state index in [0.29, 0.717) is 16.3 Å². The topological polar surface area (TPSA) is 79.8 Å². The molecule has 0 fully saturated rings. The summed E-state index contributed by atoms with van der Waals surface area (Å²) in [4.78, 5) is 24.9. The Balaban J connectivity index is 2.04. The minimum Gasteiger partial charge on any atom is -0.496 e. The molecule has 0 radical (unpaired) electrons. The summed E-state index contributed by atoms with van der Waals surface area (Å²) in [7, 11) is 1.56. The molecule has 6 nitrogen and oxygen atoms in total. The zero-order chi connectivity index (χ0) is 19.8. The first kappa shape index (κ1) is 20.5. The second-order valence-corrected chi connectivity index (χ2v) is 6.62. The Morgan fingerprint density at radius 2 is 1.89 bits per heavy atom. The molecule has 0 heterocycles. The highest BCUT2D eigenvalue weighted by atomic mass is 35.5. The zero-order valence-corrected chi connectivity index (χ0v) is 16.2. The normalized spacial score (nSPS) is 12.0. The van der Waals surface area contributed by atoms with Crippen LogP contribution in [-0.2, 0) is 4.79 Å². The van der Waals surface area contributed by atoms with E-state index in [1.54, 1.807) is 37.4 Å². The van der Waals surface area contributed by atoms with Gasteiger partial charge in [-0.05, 0) is 36.2 Å². The van der Waals surface area contributed by atoms with Gasteiger partial charge >= 0.3 is 0 Å². The van der Waals surface area contributed by atoms with Crippen LogP contribution in [0, 0.1) is 5.92 Å². The molecule has 0 spiro atoms. The third-order valence-corrected chi connectivity index (χ3v) is 4.07. The van der Waals surface area contributed by atoms with E-state index in [0.717, 1.165) is 5.56 Å². The number of ether oxygens (including phenoxy) is 1. The lowest BCUT2D eigenvalue weighted by atomic mass is 10.0. The standard InChI is InChI=1S/C20H22ClN3O3/c1-13(2)18(23-19(25)14-8-6-9-16(21)11-14)20(26)24-22-12-15-7-4-5-10-17(15)27-3/h4-13,18H,1-3H3,(H,23,25)(H,24,26). The van der Waals surface area contributed by atoms with E-state index in [-0.39, 0.29) is 11.8 Å². The zero-order valence-electron chi connectivity index (χ0n) is 15.4. The molecule has 2 N–H and O–H groups in total. The average Bonchev–Trinajstić information content (AvgIpc) is 2.65. The summed E-state index contributed by atoms with van der Waals surface area (Å²) in [5, 5.41) is 7.15. The largest absolute Gasteiger partial charge is 0.496 e. The van der Waals surface area contributed by atoms with Crippen LogP contribution in [0.3, 0.4) is 0 Å². The molecular formula is C20H22ClN3O3. The second-order valence-electron chi connectivity index (χ2n) is 6.18. The first-order valence-electron chi connectivity index (χ1n) is 8.44. The van der Waals surface area contributed by atoms with E-state index >= 15 is 0 Å². The highest BCUT2D eigenvalue weighted by Gasteiger charge is 2.24. The molecule has 7 heteroatoms. The van der Waals surface area contributed by atoms with Gasteiger partial charge in [-0.3, -0.25) is 9.59 Å². The molecule has 0 bridgehead atoms. The number of hydrazone groups is 1. The van der Waals surface area contributed by atoms with Crippen molar-refractivity contribution < 1.29 is 14.3 Å². The summed E-state index contributed by atoms with van der Waals surface area (Å²) in [6.07, 6.45) is 1.49. The Hall–Kier alpha value is -2.86. The summed E-state index contributed by atoms with van der Waals surface area (Å²) in [5.41, 5.74) is 3.58. The quantitative estimate of drug-likeness (QED) is 0.565. The number of carbonyl (C=O) groups excluding carboxylic acids is 2. The van der Waals surface area contributed by atoms with Crippen molar-refractivity contribution in [1.29, 1.82) is 0 Å². The minimum absolute atomic E-state index is 0.130. The number of methoxy groups -OCH3 is 1. The first-order chi connectivity index (χ1) is 12.9. The van der Waals surface area contributed by atoms with Crippen molar-refractivity contribution in [3.63, 3.8) is 0 Å². The maximum Gasteiger partial charge on any atom is 0.262 e. The molecule has 27 heavy (non-hydrogen) atoms. The fourth-order valence-electron chi connectivity index (χ4n) is 2.40. The van der Waals surface area contributed by atoms with Gasteiger partial charge in [0.15, 0.2) is 0 Å². The third-order valence-electron chi connectivity index (χ3n) is 3.84. The molecular weight excluding hydrogens is 366 g/mol. The first-order valence-corrected chi connectivity index (χ1v) is 8.82. The summed E-state index contributed by atoms with van der Waals surface area (Å²) in [5.74, 6) is -0.272. The number of carbonyl (C=O) groups is 2. The van der Waals surface area contributed by atoms with Crippen LogP contribution >= 0.6 is 11.6 Å². The Morgan fingerprint density at radius 3 is 2.56 bits per heavy atom. The van der Waals surface area contributed by atoms with Gasteiger partial charge in [0.05, 0.1) is 13.3 Å². The van der Waals surface area contributed by atoms with Crippen LogP contribution in [0.5, 0.6) is 5.75 Å². The summed E-state index contributed by atoms with van der Waals surface area (Å²) in [6, 6.07) is 13.1. The van der Waals surface area contributed by atoms with E-state index in [1.807, 2.05) is 32.0 Å². The van der Waals surface area contributed by atoms with Gasteiger partial charge < -0.3 is 10.1 Å². The van der Waals surface area contributed by atoms with Crippen LogP contribution in [0.2, 0.25) is 5.02 Å². The number of hydrogen-bond donors (Lipinski definition) is 2. The molecule has 0 aliphatic rings. The number of benzene rings is 2. The third kappa shape index (κ3) is 5.82. The van der Waals surface area contributed by atoms with Crippen molar-refractivity contribution in [2.45, 2.75) is 19.9 Å². The van der Waals surface area contributed by atoms with Crippen molar-refractivity contribution in [3.8, 4) is 5.75 Å². The molecule has 2 aromatic rings. The van der Waals surface area contributed by atoms with Crippen molar-refractivity contribution in [2.75, 3.05) is 7.11 Å². The predicted octanol–water partition coefficient (Wildman–Crippen LogP) is 3.25. The minimum atomic E-state index is -0.744. The lowest BCUT2D eigenvalue weighted by Gasteiger charge is -2.20. The summed E-state index contributed by atoms with van der Waals surface area (Å²) >= 11 is 5.91. The molecule has 0 aliphatic heterocycles. The van der Waals surface area contributed by atoms with E-state index < -0.39 is 11.9 Å². The fraction of sp³-hybridized carbons (Fsp3) is 0.250. The number of hydrogen-bond acceptors (Lipinski definition) is 4. The maximum atomic E-state index is 12.5. The van der Waals surface area contributed by atoms with Gasteiger partial charge in [0.25, 0.3) is 11.8 Å². The van der Waals surface area contributed by atoms with Crippen LogP contribution in [-0.4, -0.2) is 31.2 Å². The van der Waals surface area contributed by atoms with Crippen LogP contribution in [0.15, 0.2) is 53.6 Å². The van der Waals surface area contributed by atoms with Gasteiger partial charge in [-0.1, -0.05) is 43.6 Å². The number of nitrogens with one attached hydrogen (secondary N) is 2. The molecule has 2 amide bonds. The van der Waals surface area contributed by atoms with Crippen LogP contribution in [0.4, 0.5) is 0 Å². The molecule has 0 aliphatic carbocycles. The second kappa shape index (κ2) is 9.73. The van der Waals surface area contributed by atoms with Gasteiger partial charge in [0, 0.05) is 16.1 Å². The van der Waals surface area contributed by atoms with Gasteiger partial charge in [-0.15, -0.1) is 0 Å². The van der Waals surface area contributed by atoms with E-state index in [4.69, 9.17) is 16.3 Å². The van der Waals surface area contributed by atoms with Gasteiger partial charge in [-0.2, -0.15) is 5.10 Å². The van der Waals surface area contributed by atoms with E-state index in [9.17, 15) is 9.59 Å². The Labute approximate surface area is 163 Å². The number of para-hydroxylation sites is 1. The Bertz CT molecular complexity index is 837. The predicted molar refractivity (Wildman–Crippen MR) is 106 cm³/mol. The molecule has 0 saturated heterocycles. The lowest BCUT2D eigenvalue weighted by molar-refractivity contribution is -0.123. The Kier molecular flexibility index (Phi) is 7.37. The van der Waals surface area contributed by atoms with Crippen molar-refractivity contribution in [3.05, 3.63) is 64.7 Å². The smallest absolute Gasteiger partial charge is 0.262 e. The van der Waals surface area contributed by atoms with Gasteiger partial charge in [-0.25, -0.2) is 5.43 Å². The van der Waals surface area contributed by atoms with E-state index in [2.05, 4.69) is 15.8 Å². The Morgan fingerprint density at radius 1 is 1.15 bits per heavy atom. The highest BCUT2D eigenvalue weighted by Crippen LogP contribution is 2.14. The van der Waals surface area contributed by atoms with Crippen LogP contribution in [0.1, 0.15) is 29.8 Å². The SMILES string of the molecule is COc1ccccc1C=NNC(=O)C(NC(=O)c1cccc(Cl)c1)C(C)C. The number of amides is 2. The van der Waals surface area contributed by atoms with Crippen molar-refractivity contribution >= 4 is 29.6 Å². The highest BCUT2D eigenvalue weighted by molar-refractivity contribution is 6.31. The van der Waals surface area contributed by atoms with Crippen molar-refractivity contribution in [1.82, 2.24) is 10.7 Å². The van der Waals surface area contributed by atoms with Crippen LogP contribution < -0.4 is 15.5 Å². The van der Waals surface area contributed by atoms with Crippen molar-refractivity contribution in [2.24, 2.45) is 11.0 Å². The molecule has 1 unspecified atom stereocenters. The van der Waals surface area contributed by atoms with E-state index in [1.165, 1.54) is 6.21 Å². The lowest BCUT2D eigenvalue weighted by Crippen LogP contribution is -2.48. The number of nitrogens with zero attached hydrogens (tertiary/aromatic N) is 1. The molecule has 0 aromatic heterocycles. The number of halogens is 1. The molecule has 0 saturated carbocycles. The summed E-state index contributed by atoms with van der Waals surface area (Å²) in [6.45, 7) is 3.68. The van der Waals surface area contributed by atoms with Gasteiger partial charge in [0.1, 0.15) is 11.8 Å². The monoisotopic (exact) mass is 387 g/mol.